The highest BCUT2D eigenvalue weighted by molar-refractivity contribution is 7.13. The molecule has 7 nitrogen and oxygen atoms in total. The zero-order valence-corrected chi connectivity index (χ0v) is 11.5. The van der Waals surface area contributed by atoms with E-state index in [1.807, 2.05) is 20.8 Å². The molecule has 0 saturated carbocycles. The van der Waals surface area contributed by atoms with Gasteiger partial charge in [0.1, 0.15) is 11.6 Å². The summed E-state index contributed by atoms with van der Waals surface area (Å²) in [5, 5.41) is 12.7. The van der Waals surface area contributed by atoms with Gasteiger partial charge >= 0.3 is 12.0 Å². The Kier molecular flexibility index (Phi) is 4.60. The summed E-state index contributed by atoms with van der Waals surface area (Å²) in [5.74, 6) is -0.491. The maximum absolute atomic E-state index is 11.7. The summed E-state index contributed by atoms with van der Waals surface area (Å²) in [4.78, 5) is 23.3. The normalized spacial score (nSPS) is 12.7. The zero-order chi connectivity index (χ0) is 13.8. The number of nitrogens with one attached hydrogen (secondary N) is 2. The highest BCUT2D eigenvalue weighted by Gasteiger charge is 2.33. The predicted octanol–water partition coefficient (Wildman–Crippen LogP) is 1.25. The van der Waals surface area contributed by atoms with Gasteiger partial charge in [0, 0.05) is 0 Å². The molecule has 0 aromatic carbocycles. The number of amides is 2. The van der Waals surface area contributed by atoms with Crippen LogP contribution in [-0.2, 0) is 9.53 Å². The molecule has 1 unspecified atom stereocenters. The minimum absolute atomic E-state index is 0.366. The van der Waals surface area contributed by atoms with Crippen molar-refractivity contribution in [2.75, 3.05) is 12.4 Å². The Morgan fingerprint density at radius 2 is 2.11 bits per heavy atom. The molecule has 0 aliphatic heterocycles. The molecule has 0 bridgehead atoms. The molecule has 18 heavy (non-hydrogen) atoms. The third-order valence-electron chi connectivity index (χ3n) is 2.16. The number of carbonyl (C=O) groups is 2. The van der Waals surface area contributed by atoms with Crippen LogP contribution in [0.25, 0.3) is 0 Å². The van der Waals surface area contributed by atoms with Gasteiger partial charge in [0.15, 0.2) is 0 Å². The lowest BCUT2D eigenvalue weighted by Crippen LogP contribution is -2.50. The van der Waals surface area contributed by atoms with Gasteiger partial charge in [-0.1, -0.05) is 32.1 Å². The zero-order valence-electron chi connectivity index (χ0n) is 10.7. The van der Waals surface area contributed by atoms with Crippen LogP contribution in [-0.4, -0.2) is 35.3 Å². The van der Waals surface area contributed by atoms with Crippen molar-refractivity contribution in [2.45, 2.75) is 26.8 Å². The summed E-state index contributed by atoms with van der Waals surface area (Å²) in [7, 11) is 1.28. The molecule has 0 saturated heterocycles. The van der Waals surface area contributed by atoms with Gasteiger partial charge in [-0.2, -0.15) is 0 Å². The molecular weight excluding hydrogens is 256 g/mol. The average Bonchev–Trinajstić information content (AvgIpc) is 2.76. The second kappa shape index (κ2) is 5.76. The van der Waals surface area contributed by atoms with E-state index in [1.54, 1.807) is 0 Å². The first-order valence-corrected chi connectivity index (χ1v) is 6.14. The fourth-order valence-electron chi connectivity index (χ4n) is 1.24. The lowest BCUT2D eigenvalue weighted by atomic mass is 9.87. The van der Waals surface area contributed by atoms with Crippen LogP contribution < -0.4 is 10.6 Å². The van der Waals surface area contributed by atoms with Crippen LogP contribution >= 0.6 is 11.3 Å². The minimum Gasteiger partial charge on any atom is -0.467 e. The molecule has 0 aliphatic rings. The maximum atomic E-state index is 11.7. The van der Waals surface area contributed by atoms with Crippen LogP contribution in [0.2, 0.25) is 0 Å². The number of hydrogen-bond acceptors (Lipinski definition) is 6. The van der Waals surface area contributed by atoms with E-state index < -0.39 is 23.5 Å². The average molecular weight is 272 g/mol. The molecule has 0 spiro atoms. The van der Waals surface area contributed by atoms with E-state index >= 15 is 0 Å². The summed E-state index contributed by atoms with van der Waals surface area (Å²) in [6, 6.07) is -1.26. The van der Waals surface area contributed by atoms with Crippen LogP contribution in [0.5, 0.6) is 0 Å². The minimum atomic E-state index is -0.740. The van der Waals surface area contributed by atoms with E-state index in [1.165, 1.54) is 24.0 Å². The largest absolute Gasteiger partial charge is 0.467 e. The van der Waals surface area contributed by atoms with Crippen LogP contribution in [0.15, 0.2) is 5.51 Å². The van der Waals surface area contributed by atoms with Crippen LogP contribution in [0.1, 0.15) is 20.8 Å². The first-order valence-electron chi connectivity index (χ1n) is 5.26. The Morgan fingerprint density at radius 1 is 1.44 bits per heavy atom. The molecule has 2 amide bonds. The monoisotopic (exact) mass is 272 g/mol. The number of ether oxygens (including phenoxy) is 1. The third kappa shape index (κ3) is 3.95. The van der Waals surface area contributed by atoms with Crippen molar-refractivity contribution in [3.63, 3.8) is 0 Å². The van der Waals surface area contributed by atoms with Gasteiger partial charge in [-0.05, 0) is 5.41 Å². The second-order valence-corrected chi connectivity index (χ2v) is 5.50. The van der Waals surface area contributed by atoms with E-state index in [0.29, 0.717) is 5.13 Å². The molecule has 8 heteroatoms. The van der Waals surface area contributed by atoms with E-state index in [9.17, 15) is 9.59 Å². The molecule has 1 aromatic rings. The molecule has 0 fully saturated rings. The Balaban J connectivity index is 2.66. The van der Waals surface area contributed by atoms with Crippen LogP contribution in [0, 0.1) is 5.41 Å². The molecule has 1 aromatic heterocycles. The fraction of sp³-hybridized carbons (Fsp3) is 0.600. The van der Waals surface area contributed by atoms with Gasteiger partial charge in [-0.3, -0.25) is 5.32 Å². The van der Waals surface area contributed by atoms with E-state index in [0.717, 1.165) is 0 Å². The van der Waals surface area contributed by atoms with Gasteiger partial charge in [0.25, 0.3) is 0 Å². The van der Waals surface area contributed by atoms with Crippen molar-refractivity contribution in [3.8, 4) is 0 Å². The summed E-state index contributed by atoms with van der Waals surface area (Å²) >= 11 is 1.19. The Hall–Kier alpha value is -1.70. The Morgan fingerprint density at radius 3 is 2.56 bits per heavy atom. The van der Waals surface area contributed by atoms with Gasteiger partial charge in [-0.15, -0.1) is 10.2 Å². The van der Waals surface area contributed by atoms with Crippen molar-refractivity contribution >= 4 is 28.5 Å². The smallest absolute Gasteiger partial charge is 0.328 e. The van der Waals surface area contributed by atoms with E-state index in [4.69, 9.17) is 0 Å². The number of methoxy groups -OCH3 is 1. The Bertz CT molecular complexity index is 413. The quantitative estimate of drug-likeness (QED) is 0.808. The molecule has 1 atom stereocenters. The van der Waals surface area contributed by atoms with Crippen LogP contribution in [0.3, 0.4) is 0 Å². The van der Waals surface area contributed by atoms with Gasteiger partial charge in [0.05, 0.1) is 7.11 Å². The van der Waals surface area contributed by atoms with Crippen molar-refractivity contribution in [3.05, 3.63) is 5.51 Å². The number of nitrogens with zero attached hydrogens (tertiary/aromatic N) is 2. The first kappa shape index (κ1) is 14.4. The number of rotatable bonds is 3. The number of anilines is 1. The topological polar surface area (TPSA) is 93.2 Å². The molecule has 0 aliphatic carbocycles. The number of carbonyl (C=O) groups excluding carboxylic acids is 2. The number of aromatic nitrogens is 2. The summed E-state index contributed by atoms with van der Waals surface area (Å²) in [6.45, 7) is 5.50. The molecule has 0 radical (unpaired) electrons. The number of hydrogen-bond donors (Lipinski definition) is 2. The Labute approximate surface area is 109 Å². The van der Waals surface area contributed by atoms with Crippen molar-refractivity contribution in [1.29, 1.82) is 0 Å². The molecule has 1 rings (SSSR count). The summed E-state index contributed by atoms with van der Waals surface area (Å²) in [6.07, 6.45) is 0. The standard InChI is InChI=1S/C10H16N4O3S/c1-10(2,3)6(7(15)17-4)12-8(16)13-9-14-11-5-18-9/h5-6H,1-4H3,(H2,12,13,14,16). The summed E-state index contributed by atoms with van der Waals surface area (Å²) in [5.41, 5.74) is 1.04. The molecular formula is C10H16N4O3S. The van der Waals surface area contributed by atoms with Crippen LogP contribution in [0.4, 0.5) is 9.93 Å². The third-order valence-corrected chi connectivity index (χ3v) is 2.77. The predicted molar refractivity (Wildman–Crippen MR) is 67.3 cm³/mol. The van der Waals surface area contributed by atoms with Gasteiger partial charge in [0.2, 0.25) is 5.13 Å². The summed E-state index contributed by atoms with van der Waals surface area (Å²) < 4.78 is 4.67. The van der Waals surface area contributed by atoms with E-state index in [-0.39, 0.29) is 0 Å². The fourth-order valence-corrected chi connectivity index (χ4v) is 1.68. The van der Waals surface area contributed by atoms with E-state index in [2.05, 4.69) is 25.6 Å². The van der Waals surface area contributed by atoms with Crippen molar-refractivity contribution in [2.24, 2.45) is 5.41 Å². The lowest BCUT2D eigenvalue weighted by Gasteiger charge is -2.28. The van der Waals surface area contributed by atoms with Gasteiger partial charge < -0.3 is 10.1 Å². The van der Waals surface area contributed by atoms with Gasteiger partial charge in [-0.25, -0.2) is 9.59 Å². The SMILES string of the molecule is COC(=O)C(NC(=O)Nc1nncs1)C(C)(C)C. The maximum Gasteiger partial charge on any atom is 0.328 e. The molecule has 100 valence electrons. The number of urea groups is 1. The second-order valence-electron chi connectivity index (χ2n) is 4.66. The highest BCUT2D eigenvalue weighted by Crippen LogP contribution is 2.20. The van der Waals surface area contributed by atoms with Crippen molar-refractivity contribution < 1.29 is 14.3 Å². The molecule has 2 N–H and O–H groups in total. The first-order chi connectivity index (χ1) is 8.34. The lowest BCUT2D eigenvalue weighted by molar-refractivity contribution is -0.145. The molecule has 1 heterocycles. The highest BCUT2D eigenvalue weighted by atomic mass is 32.1. The number of esters is 1. The van der Waals surface area contributed by atoms with Crippen molar-refractivity contribution in [1.82, 2.24) is 15.5 Å².